The number of carbonyl (C=O) groups excluding carboxylic acids is 1. The summed E-state index contributed by atoms with van der Waals surface area (Å²) in [6.45, 7) is 1.88. The van der Waals surface area contributed by atoms with E-state index in [-0.39, 0.29) is 17.8 Å². The van der Waals surface area contributed by atoms with Gasteiger partial charge in [-0.2, -0.15) is 0 Å². The smallest absolute Gasteiger partial charge is 0.255 e. The van der Waals surface area contributed by atoms with E-state index in [2.05, 4.69) is 5.32 Å². The number of amides is 1. The number of nitrogens with two attached hydrogens (primary N) is 1. The average molecular weight is 258 g/mol. The monoisotopic (exact) mass is 258 g/mol. The molecule has 0 saturated heterocycles. The van der Waals surface area contributed by atoms with E-state index in [1.54, 1.807) is 6.07 Å². The molecule has 0 spiro atoms. The van der Waals surface area contributed by atoms with Crippen LogP contribution in [-0.2, 0) is 0 Å². The normalized spacial score (nSPS) is 11.9. The maximum Gasteiger partial charge on any atom is 0.255 e. The van der Waals surface area contributed by atoms with Crippen molar-refractivity contribution in [2.75, 3.05) is 5.32 Å². The van der Waals surface area contributed by atoms with Crippen LogP contribution in [0.1, 0.15) is 28.9 Å². The largest absolute Gasteiger partial charge is 0.324 e. The summed E-state index contributed by atoms with van der Waals surface area (Å²) >= 11 is 0. The number of hydrogen-bond donors (Lipinski definition) is 2. The number of carbonyl (C=O) groups is 1. The Morgan fingerprint density at radius 2 is 1.89 bits per heavy atom. The van der Waals surface area contributed by atoms with Gasteiger partial charge in [0, 0.05) is 17.3 Å². The lowest BCUT2D eigenvalue weighted by Gasteiger charge is -2.09. The van der Waals surface area contributed by atoms with Crippen molar-refractivity contribution >= 4 is 11.6 Å². The van der Waals surface area contributed by atoms with Crippen LogP contribution in [-0.4, -0.2) is 5.91 Å². The Labute approximate surface area is 111 Å². The molecule has 1 atom stereocenters. The van der Waals surface area contributed by atoms with Gasteiger partial charge in [0.2, 0.25) is 0 Å². The molecule has 1 amide bonds. The summed E-state index contributed by atoms with van der Waals surface area (Å²) in [5.41, 5.74) is 7.81. The van der Waals surface area contributed by atoms with Crippen LogP contribution in [0, 0.1) is 5.82 Å². The molecule has 19 heavy (non-hydrogen) atoms. The zero-order valence-electron chi connectivity index (χ0n) is 10.6. The maximum atomic E-state index is 12.8. The van der Waals surface area contributed by atoms with Gasteiger partial charge in [0.15, 0.2) is 0 Å². The average Bonchev–Trinajstić information content (AvgIpc) is 2.39. The molecular formula is C15H15FN2O. The number of rotatable bonds is 3. The lowest BCUT2D eigenvalue weighted by atomic mass is 10.1. The predicted molar refractivity (Wildman–Crippen MR) is 73.4 cm³/mol. The second kappa shape index (κ2) is 5.63. The Morgan fingerprint density at radius 3 is 2.53 bits per heavy atom. The molecule has 1 unspecified atom stereocenters. The fourth-order valence-corrected chi connectivity index (χ4v) is 1.70. The molecule has 0 aromatic heterocycles. The number of hydrogen-bond acceptors (Lipinski definition) is 2. The van der Waals surface area contributed by atoms with Crippen molar-refractivity contribution in [3.63, 3.8) is 0 Å². The molecule has 2 aromatic carbocycles. The van der Waals surface area contributed by atoms with Crippen molar-refractivity contribution in [2.45, 2.75) is 13.0 Å². The molecule has 98 valence electrons. The van der Waals surface area contributed by atoms with Gasteiger partial charge in [-0.15, -0.1) is 0 Å². The van der Waals surface area contributed by atoms with E-state index < -0.39 is 0 Å². The molecule has 2 aromatic rings. The molecule has 3 nitrogen and oxygen atoms in total. The first-order chi connectivity index (χ1) is 9.06. The number of anilines is 1. The second-order valence-corrected chi connectivity index (χ2v) is 4.38. The first-order valence-corrected chi connectivity index (χ1v) is 5.99. The Morgan fingerprint density at radius 1 is 1.21 bits per heavy atom. The molecule has 2 rings (SSSR count). The van der Waals surface area contributed by atoms with Crippen LogP contribution in [0.2, 0.25) is 0 Å². The van der Waals surface area contributed by atoms with E-state index >= 15 is 0 Å². The minimum absolute atomic E-state index is 0.0947. The summed E-state index contributed by atoms with van der Waals surface area (Å²) in [7, 11) is 0. The van der Waals surface area contributed by atoms with Crippen LogP contribution in [0.4, 0.5) is 10.1 Å². The Hall–Kier alpha value is -2.20. The Kier molecular flexibility index (Phi) is 3.92. The molecule has 0 aliphatic rings. The van der Waals surface area contributed by atoms with Gasteiger partial charge in [-0.3, -0.25) is 4.79 Å². The summed E-state index contributed by atoms with van der Waals surface area (Å²) in [4.78, 5) is 11.9. The van der Waals surface area contributed by atoms with Crippen LogP contribution in [0.25, 0.3) is 0 Å². The van der Waals surface area contributed by atoms with E-state index in [0.29, 0.717) is 11.3 Å². The molecular weight excluding hydrogens is 243 g/mol. The standard InChI is InChI=1S/C15H15FN2O/c1-10(17)12-3-2-4-14(9-12)18-15(19)11-5-7-13(16)8-6-11/h2-10H,17H2,1H3,(H,18,19). The van der Waals surface area contributed by atoms with E-state index in [9.17, 15) is 9.18 Å². The first kappa shape index (κ1) is 13.2. The molecule has 0 heterocycles. The summed E-state index contributed by atoms with van der Waals surface area (Å²) in [5.74, 6) is -0.641. The second-order valence-electron chi connectivity index (χ2n) is 4.38. The number of halogens is 1. The highest BCUT2D eigenvalue weighted by atomic mass is 19.1. The highest BCUT2D eigenvalue weighted by molar-refractivity contribution is 6.04. The molecule has 3 N–H and O–H groups in total. The minimum Gasteiger partial charge on any atom is -0.324 e. The van der Waals surface area contributed by atoms with E-state index in [4.69, 9.17) is 5.73 Å². The predicted octanol–water partition coefficient (Wildman–Crippen LogP) is 3.10. The molecule has 0 saturated carbocycles. The van der Waals surface area contributed by atoms with Gasteiger partial charge < -0.3 is 11.1 Å². The maximum absolute atomic E-state index is 12.8. The lowest BCUT2D eigenvalue weighted by molar-refractivity contribution is 0.102. The molecule has 0 aliphatic heterocycles. The summed E-state index contributed by atoms with van der Waals surface area (Å²) < 4.78 is 12.8. The van der Waals surface area contributed by atoms with Gasteiger partial charge in [0.1, 0.15) is 5.82 Å². The Bertz CT molecular complexity index is 579. The summed E-state index contributed by atoms with van der Waals surface area (Å²) in [6.07, 6.45) is 0. The van der Waals surface area contributed by atoms with Gasteiger partial charge in [-0.05, 0) is 48.9 Å². The minimum atomic E-state index is -0.365. The van der Waals surface area contributed by atoms with Gasteiger partial charge >= 0.3 is 0 Å². The molecule has 0 fully saturated rings. The highest BCUT2D eigenvalue weighted by Crippen LogP contribution is 2.16. The van der Waals surface area contributed by atoms with E-state index in [0.717, 1.165) is 5.56 Å². The van der Waals surface area contributed by atoms with E-state index in [1.807, 2.05) is 25.1 Å². The van der Waals surface area contributed by atoms with Crippen molar-refractivity contribution in [1.29, 1.82) is 0 Å². The highest BCUT2D eigenvalue weighted by Gasteiger charge is 2.07. The van der Waals surface area contributed by atoms with Crippen molar-refractivity contribution in [3.05, 3.63) is 65.5 Å². The Balaban J connectivity index is 2.14. The SMILES string of the molecule is CC(N)c1cccc(NC(=O)c2ccc(F)cc2)c1. The molecule has 4 heteroatoms. The lowest BCUT2D eigenvalue weighted by Crippen LogP contribution is -2.12. The third-order valence-electron chi connectivity index (χ3n) is 2.78. The van der Waals surface area contributed by atoms with E-state index in [1.165, 1.54) is 24.3 Å². The van der Waals surface area contributed by atoms with Gasteiger partial charge in [-0.25, -0.2) is 4.39 Å². The van der Waals surface area contributed by atoms with Crippen LogP contribution < -0.4 is 11.1 Å². The van der Waals surface area contributed by atoms with Gasteiger partial charge in [0.25, 0.3) is 5.91 Å². The molecule has 0 bridgehead atoms. The van der Waals surface area contributed by atoms with Gasteiger partial charge in [-0.1, -0.05) is 12.1 Å². The fourth-order valence-electron chi connectivity index (χ4n) is 1.70. The van der Waals surface area contributed by atoms with Crippen molar-refractivity contribution in [2.24, 2.45) is 5.73 Å². The number of nitrogens with one attached hydrogen (secondary N) is 1. The third kappa shape index (κ3) is 3.39. The topological polar surface area (TPSA) is 55.1 Å². The fraction of sp³-hybridized carbons (Fsp3) is 0.133. The number of benzene rings is 2. The zero-order chi connectivity index (χ0) is 13.8. The third-order valence-corrected chi connectivity index (χ3v) is 2.78. The summed E-state index contributed by atoms with van der Waals surface area (Å²) in [5, 5.41) is 2.76. The summed E-state index contributed by atoms with van der Waals surface area (Å²) in [6, 6.07) is 12.7. The first-order valence-electron chi connectivity index (χ1n) is 5.99. The van der Waals surface area contributed by atoms with Crippen LogP contribution in [0.3, 0.4) is 0 Å². The van der Waals surface area contributed by atoms with Crippen LogP contribution in [0.5, 0.6) is 0 Å². The van der Waals surface area contributed by atoms with Crippen molar-refractivity contribution in [3.8, 4) is 0 Å². The van der Waals surface area contributed by atoms with Crippen LogP contribution in [0.15, 0.2) is 48.5 Å². The molecule has 0 radical (unpaired) electrons. The van der Waals surface area contributed by atoms with Crippen molar-refractivity contribution in [1.82, 2.24) is 0 Å². The van der Waals surface area contributed by atoms with Gasteiger partial charge in [0.05, 0.1) is 0 Å². The van der Waals surface area contributed by atoms with Crippen LogP contribution >= 0.6 is 0 Å². The molecule has 0 aliphatic carbocycles. The quantitative estimate of drug-likeness (QED) is 0.888. The van der Waals surface area contributed by atoms with Crippen molar-refractivity contribution < 1.29 is 9.18 Å². The zero-order valence-corrected chi connectivity index (χ0v) is 10.6.